The number of nitrogens with one attached hydrogen (secondary N) is 1. The largest absolute Gasteiger partial charge is 0.395 e. The van der Waals surface area contributed by atoms with E-state index >= 15 is 0 Å². The molecule has 0 aliphatic heterocycles. The van der Waals surface area contributed by atoms with Crippen molar-refractivity contribution in [3.8, 4) is 11.1 Å². The van der Waals surface area contributed by atoms with Gasteiger partial charge in [0.05, 0.1) is 17.9 Å². The lowest BCUT2D eigenvalue weighted by molar-refractivity contribution is 0.101. The van der Waals surface area contributed by atoms with E-state index in [1.807, 2.05) is 13.8 Å². The van der Waals surface area contributed by atoms with Gasteiger partial charge in [-0.1, -0.05) is 19.9 Å². The summed E-state index contributed by atoms with van der Waals surface area (Å²) in [4.78, 5) is 20.2. The Bertz CT molecular complexity index is 717. The summed E-state index contributed by atoms with van der Waals surface area (Å²) >= 11 is 0. The maximum Gasteiger partial charge on any atom is 0.222 e. The van der Waals surface area contributed by atoms with Gasteiger partial charge in [-0.3, -0.25) is 4.79 Å². The predicted octanol–water partition coefficient (Wildman–Crippen LogP) is 3.01. The van der Waals surface area contributed by atoms with E-state index in [2.05, 4.69) is 15.3 Å². The van der Waals surface area contributed by atoms with Gasteiger partial charge >= 0.3 is 0 Å². The summed E-state index contributed by atoms with van der Waals surface area (Å²) < 4.78 is 13.7. The minimum atomic E-state index is -0.533. The van der Waals surface area contributed by atoms with Crippen LogP contribution in [-0.2, 0) is 0 Å². The van der Waals surface area contributed by atoms with Gasteiger partial charge in [-0.15, -0.1) is 0 Å². The van der Waals surface area contributed by atoms with E-state index in [1.165, 1.54) is 19.1 Å². The third-order valence-corrected chi connectivity index (χ3v) is 3.42. The van der Waals surface area contributed by atoms with E-state index in [-0.39, 0.29) is 23.9 Å². The van der Waals surface area contributed by atoms with Gasteiger partial charge in [0, 0.05) is 18.3 Å². The summed E-state index contributed by atoms with van der Waals surface area (Å²) in [6.07, 6.45) is 1.65. The van der Waals surface area contributed by atoms with Crippen LogP contribution in [0.3, 0.4) is 0 Å². The lowest BCUT2D eigenvalue weighted by Gasteiger charge is -2.14. The van der Waals surface area contributed by atoms with Crippen LogP contribution < -0.4 is 5.32 Å². The van der Waals surface area contributed by atoms with Crippen molar-refractivity contribution in [2.75, 3.05) is 18.5 Å². The van der Waals surface area contributed by atoms with Gasteiger partial charge in [-0.2, -0.15) is 0 Å². The Morgan fingerprint density at radius 2 is 2.13 bits per heavy atom. The van der Waals surface area contributed by atoms with Gasteiger partial charge in [0.2, 0.25) is 5.95 Å². The second kappa shape index (κ2) is 7.28. The van der Waals surface area contributed by atoms with Crippen LogP contribution in [0.25, 0.3) is 11.1 Å². The number of hydrogen-bond donors (Lipinski definition) is 2. The van der Waals surface area contributed by atoms with Crippen LogP contribution in [0.5, 0.6) is 0 Å². The molecule has 0 aliphatic rings. The maximum atomic E-state index is 13.7. The minimum absolute atomic E-state index is 0.0118. The van der Waals surface area contributed by atoms with E-state index in [4.69, 9.17) is 5.11 Å². The third kappa shape index (κ3) is 3.90. The Morgan fingerprint density at radius 1 is 1.39 bits per heavy atom. The molecule has 0 atom stereocenters. The number of rotatable bonds is 6. The lowest BCUT2D eigenvalue weighted by Crippen LogP contribution is -2.10. The van der Waals surface area contributed by atoms with Gasteiger partial charge in [-0.25, -0.2) is 14.4 Å². The summed E-state index contributed by atoms with van der Waals surface area (Å²) in [5.74, 6) is -0.305. The van der Waals surface area contributed by atoms with Gasteiger partial charge in [0.15, 0.2) is 5.78 Å². The molecule has 0 saturated carbocycles. The van der Waals surface area contributed by atoms with Crippen molar-refractivity contribution in [1.29, 1.82) is 0 Å². The van der Waals surface area contributed by atoms with Gasteiger partial charge in [-0.05, 0) is 30.5 Å². The van der Waals surface area contributed by atoms with Crippen LogP contribution in [0.15, 0.2) is 24.4 Å². The van der Waals surface area contributed by atoms with Crippen molar-refractivity contribution in [2.45, 2.75) is 26.7 Å². The highest BCUT2D eigenvalue weighted by Crippen LogP contribution is 2.29. The molecule has 0 bridgehead atoms. The second-order valence-electron chi connectivity index (χ2n) is 5.55. The Hall–Kier alpha value is -2.34. The van der Waals surface area contributed by atoms with E-state index in [0.717, 1.165) is 11.3 Å². The molecule has 0 unspecified atom stereocenters. The number of nitrogens with zero attached hydrogens (tertiary/aromatic N) is 2. The highest BCUT2D eigenvalue weighted by atomic mass is 19.1. The molecule has 0 aliphatic carbocycles. The molecule has 23 heavy (non-hydrogen) atoms. The zero-order valence-corrected chi connectivity index (χ0v) is 13.4. The number of carbonyl (C=O) groups is 1. The second-order valence-corrected chi connectivity index (χ2v) is 5.55. The van der Waals surface area contributed by atoms with Crippen LogP contribution in [-0.4, -0.2) is 34.0 Å². The molecule has 0 radical (unpaired) electrons. The van der Waals surface area contributed by atoms with Crippen LogP contribution in [0.4, 0.5) is 10.3 Å². The minimum Gasteiger partial charge on any atom is -0.395 e. The maximum absolute atomic E-state index is 13.7. The Labute approximate surface area is 134 Å². The van der Waals surface area contributed by atoms with Gasteiger partial charge < -0.3 is 10.4 Å². The fourth-order valence-electron chi connectivity index (χ4n) is 2.27. The standard InChI is InChI=1S/C17H20FN3O2/c1-10(2)16-14(9-20-17(21-16)19-6-7-22)12-4-5-15(18)13(8-12)11(3)23/h4-5,8-10,22H,6-7H2,1-3H3,(H,19,20,21). The summed E-state index contributed by atoms with van der Waals surface area (Å²) in [6, 6.07) is 4.43. The number of halogens is 1. The zero-order valence-electron chi connectivity index (χ0n) is 13.4. The molecule has 0 fully saturated rings. The first-order chi connectivity index (χ1) is 10.9. The normalized spacial score (nSPS) is 10.9. The number of anilines is 1. The van der Waals surface area contributed by atoms with Crippen LogP contribution in [0.2, 0.25) is 0 Å². The lowest BCUT2D eigenvalue weighted by atomic mass is 9.97. The Balaban J connectivity index is 2.50. The summed E-state index contributed by atoms with van der Waals surface area (Å²) in [5.41, 5.74) is 2.31. The monoisotopic (exact) mass is 317 g/mol. The molecule has 2 N–H and O–H groups in total. The molecule has 1 heterocycles. The summed E-state index contributed by atoms with van der Waals surface area (Å²) in [6.45, 7) is 5.68. The molecular weight excluding hydrogens is 297 g/mol. The summed E-state index contributed by atoms with van der Waals surface area (Å²) in [5, 5.41) is 11.8. The molecule has 2 rings (SSSR count). The smallest absolute Gasteiger partial charge is 0.222 e. The number of benzene rings is 1. The molecule has 2 aromatic rings. The average molecular weight is 317 g/mol. The van der Waals surface area contributed by atoms with Crippen molar-refractivity contribution in [3.05, 3.63) is 41.5 Å². The van der Waals surface area contributed by atoms with Gasteiger partial charge in [0.1, 0.15) is 5.82 Å². The summed E-state index contributed by atoms with van der Waals surface area (Å²) in [7, 11) is 0. The van der Waals surface area contributed by atoms with Crippen molar-refractivity contribution in [2.24, 2.45) is 0 Å². The molecular formula is C17H20FN3O2. The predicted molar refractivity (Wildman–Crippen MR) is 87.1 cm³/mol. The van der Waals surface area contributed by atoms with Crippen molar-refractivity contribution in [3.63, 3.8) is 0 Å². The molecule has 122 valence electrons. The van der Waals surface area contributed by atoms with E-state index in [0.29, 0.717) is 18.1 Å². The molecule has 1 aromatic heterocycles. The van der Waals surface area contributed by atoms with Crippen LogP contribution in [0, 0.1) is 5.82 Å². The first-order valence-corrected chi connectivity index (χ1v) is 7.46. The number of hydrogen-bond acceptors (Lipinski definition) is 5. The van der Waals surface area contributed by atoms with E-state index in [9.17, 15) is 9.18 Å². The Morgan fingerprint density at radius 3 is 2.74 bits per heavy atom. The first-order valence-electron chi connectivity index (χ1n) is 7.46. The highest BCUT2D eigenvalue weighted by Gasteiger charge is 2.15. The molecule has 0 saturated heterocycles. The number of ketones is 1. The molecule has 5 nitrogen and oxygen atoms in total. The third-order valence-electron chi connectivity index (χ3n) is 3.42. The van der Waals surface area contributed by atoms with Gasteiger partial charge in [0.25, 0.3) is 0 Å². The quantitative estimate of drug-likeness (QED) is 0.801. The molecule has 6 heteroatoms. The molecule has 0 spiro atoms. The van der Waals surface area contributed by atoms with Crippen molar-refractivity contribution < 1.29 is 14.3 Å². The van der Waals surface area contributed by atoms with Crippen molar-refractivity contribution in [1.82, 2.24) is 9.97 Å². The molecule has 0 amide bonds. The van der Waals surface area contributed by atoms with Crippen LogP contribution >= 0.6 is 0 Å². The van der Waals surface area contributed by atoms with E-state index in [1.54, 1.807) is 12.3 Å². The fourth-order valence-corrected chi connectivity index (χ4v) is 2.27. The first kappa shape index (κ1) is 17.0. The number of aliphatic hydroxyl groups excluding tert-OH is 1. The molecule has 1 aromatic carbocycles. The Kier molecular flexibility index (Phi) is 5.39. The van der Waals surface area contributed by atoms with Crippen molar-refractivity contribution >= 4 is 11.7 Å². The van der Waals surface area contributed by atoms with E-state index < -0.39 is 5.82 Å². The van der Waals surface area contributed by atoms with Crippen LogP contribution in [0.1, 0.15) is 42.7 Å². The number of aromatic nitrogens is 2. The topological polar surface area (TPSA) is 75.1 Å². The zero-order chi connectivity index (χ0) is 17.0. The number of Topliss-reactive ketones (excluding diaryl/α,β-unsaturated/α-hetero) is 1. The number of carbonyl (C=O) groups excluding carboxylic acids is 1. The average Bonchev–Trinajstić information content (AvgIpc) is 2.53. The number of aliphatic hydroxyl groups is 1. The highest BCUT2D eigenvalue weighted by molar-refractivity contribution is 5.95. The SMILES string of the molecule is CC(=O)c1cc(-c2cnc(NCCO)nc2C(C)C)ccc1F. The fraction of sp³-hybridized carbons (Fsp3) is 0.353.